The Bertz CT molecular complexity index is 1690. The van der Waals surface area contributed by atoms with Crippen LogP contribution in [0.15, 0.2) is 102 Å². The second-order valence-corrected chi connectivity index (χ2v) is 9.93. The molecule has 206 valence electrons. The summed E-state index contributed by atoms with van der Waals surface area (Å²) < 4.78 is 19.4. The number of aryl methyl sites for hydroxylation is 1. The van der Waals surface area contributed by atoms with Crippen LogP contribution in [-0.2, 0) is 16.2 Å². The Labute approximate surface area is 245 Å². The van der Waals surface area contributed by atoms with E-state index in [-0.39, 0.29) is 27.3 Å². The number of amides is 3. The summed E-state index contributed by atoms with van der Waals surface area (Å²) in [4.78, 5) is 39.7. The first kappa shape index (κ1) is 27.9. The first-order chi connectivity index (χ1) is 19.7. The summed E-state index contributed by atoms with van der Waals surface area (Å²) >= 11 is 12.1. The van der Waals surface area contributed by atoms with Gasteiger partial charge < -0.3 is 15.4 Å². The highest BCUT2D eigenvalue weighted by molar-refractivity contribution is 6.53. The van der Waals surface area contributed by atoms with Crippen molar-refractivity contribution in [3.63, 3.8) is 0 Å². The third-order valence-corrected chi connectivity index (χ3v) is 6.95. The summed E-state index contributed by atoms with van der Waals surface area (Å²) in [6.45, 7) is 2.20. The normalized spacial score (nSPS) is 13.0. The monoisotopic (exact) mass is 589 g/mol. The first-order valence-corrected chi connectivity index (χ1v) is 13.2. The lowest BCUT2D eigenvalue weighted by Crippen LogP contribution is -2.32. The molecule has 10 heteroatoms. The molecule has 0 unspecified atom stereocenters. The van der Waals surface area contributed by atoms with Gasteiger partial charge in [0.05, 0.1) is 10.7 Å². The summed E-state index contributed by atoms with van der Waals surface area (Å²) in [7, 11) is 0. The fourth-order valence-electron chi connectivity index (χ4n) is 4.08. The van der Waals surface area contributed by atoms with Crippen LogP contribution in [0.1, 0.15) is 21.5 Å². The molecule has 0 radical (unpaired) electrons. The number of hydrogen-bond donors (Lipinski definition) is 2. The average molecular weight is 590 g/mol. The van der Waals surface area contributed by atoms with Crippen molar-refractivity contribution >= 4 is 58.0 Å². The van der Waals surface area contributed by atoms with Crippen LogP contribution in [-0.4, -0.2) is 17.7 Å². The Morgan fingerprint density at radius 2 is 1.63 bits per heavy atom. The Morgan fingerprint density at radius 1 is 0.902 bits per heavy atom. The van der Waals surface area contributed by atoms with E-state index < -0.39 is 17.6 Å². The van der Waals surface area contributed by atoms with E-state index in [9.17, 15) is 18.8 Å². The maximum absolute atomic E-state index is 13.6. The van der Waals surface area contributed by atoms with Crippen LogP contribution >= 0.6 is 23.2 Å². The van der Waals surface area contributed by atoms with E-state index in [1.807, 2.05) is 30.3 Å². The highest BCUT2D eigenvalue weighted by Gasteiger charge is 2.39. The second kappa shape index (κ2) is 11.8. The molecule has 3 amide bonds. The Kier molecular flexibility index (Phi) is 8.05. The summed E-state index contributed by atoms with van der Waals surface area (Å²) in [5.41, 5.74) is 2.90. The Morgan fingerprint density at radius 3 is 2.34 bits per heavy atom. The maximum Gasteiger partial charge on any atom is 0.283 e. The minimum Gasteiger partial charge on any atom is -0.489 e. The predicted octanol–water partition coefficient (Wildman–Crippen LogP) is 7.05. The van der Waals surface area contributed by atoms with Gasteiger partial charge in [0, 0.05) is 16.9 Å². The van der Waals surface area contributed by atoms with Gasteiger partial charge in [-0.1, -0.05) is 59.6 Å². The summed E-state index contributed by atoms with van der Waals surface area (Å²) in [6, 6.07) is 25.1. The van der Waals surface area contributed by atoms with E-state index in [0.29, 0.717) is 34.9 Å². The molecule has 0 aromatic heterocycles. The van der Waals surface area contributed by atoms with Crippen molar-refractivity contribution in [2.24, 2.45) is 0 Å². The number of carbonyl (C=O) groups is 3. The van der Waals surface area contributed by atoms with E-state index in [1.165, 1.54) is 6.07 Å². The van der Waals surface area contributed by atoms with E-state index in [2.05, 4.69) is 10.6 Å². The Balaban J connectivity index is 1.27. The van der Waals surface area contributed by atoms with Gasteiger partial charge in [-0.05, 0) is 72.6 Å². The van der Waals surface area contributed by atoms with Gasteiger partial charge in [-0.25, -0.2) is 9.29 Å². The molecule has 0 bridgehead atoms. The van der Waals surface area contributed by atoms with Gasteiger partial charge in [0.1, 0.15) is 28.9 Å². The van der Waals surface area contributed by atoms with Gasteiger partial charge in [-0.3, -0.25) is 14.4 Å². The number of carbonyl (C=O) groups excluding carboxylic acids is 3. The number of ether oxygens (including phenoxy) is 1. The molecule has 4 aromatic rings. The molecule has 1 heterocycles. The molecular weight excluding hydrogens is 568 g/mol. The van der Waals surface area contributed by atoms with Crippen molar-refractivity contribution in [3.8, 4) is 5.75 Å². The molecule has 0 fully saturated rings. The summed E-state index contributed by atoms with van der Waals surface area (Å²) in [5.74, 6) is -1.95. The molecule has 0 aliphatic carbocycles. The molecule has 0 atom stereocenters. The molecule has 41 heavy (non-hydrogen) atoms. The zero-order valence-electron chi connectivity index (χ0n) is 21.6. The van der Waals surface area contributed by atoms with Crippen LogP contribution in [0.4, 0.5) is 21.5 Å². The lowest BCUT2D eigenvalue weighted by Gasteiger charge is -2.16. The van der Waals surface area contributed by atoms with Crippen molar-refractivity contribution in [2.75, 3.05) is 15.5 Å². The third kappa shape index (κ3) is 6.09. The summed E-state index contributed by atoms with van der Waals surface area (Å²) in [5, 5.41) is 5.13. The van der Waals surface area contributed by atoms with Gasteiger partial charge >= 0.3 is 0 Å². The number of imide groups is 1. The smallest absolute Gasteiger partial charge is 0.283 e. The standard InChI is InChI=1S/C31H22Cl2FN3O4/c1-18-7-8-20(29(38)35-21-9-12-23(13-10-21)41-17-19-5-3-2-4-6-19)15-26(18)36-28-27(33)30(39)37(31(28)40)22-11-14-25(34)24(32)16-22/h2-16,36H,17H2,1H3,(H,35,38). The highest BCUT2D eigenvalue weighted by Crippen LogP contribution is 2.33. The number of benzene rings is 4. The van der Waals surface area contributed by atoms with E-state index in [0.717, 1.165) is 22.6 Å². The minimum absolute atomic E-state index is 0.0719. The van der Waals surface area contributed by atoms with Crippen molar-refractivity contribution in [2.45, 2.75) is 13.5 Å². The predicted molar refractivity (Wildman–Crippen MR) is 157 cm³/mol. The number of nitrogens with one attached hydrogen (secondary N) is 2. The average Bonchev–Trinajstić information content (AvgIpc) is 3.18. The fourth-order valence-corrected chi connectivity index (χ4v) is 4.47. The first-order valence-electron chi connectivity index (χ1n) is 12.4. The van der Waals surface area contributed by atoms with Crippen LogP contribution in [0, 0.1) is 12.7 Å². The summed E-state index contributed by atoms with van der Waals surface area (Å²) in [6.07, 6.45) is 0. The van der Waals surface area contributed by atoms with Crippen molar-refractivity contribution in [3.05, 3.63) is 129 Å². The molecule has 0 saturated heterocycles. The topological polar surface area (TPSA) is 87.7 Å². The van der Waals surface area contributed by atoms with Gasteiger partial charge in [0.2, 0.25) is 0 Å². The molecule has 1 aliphatic rings. The second-order valence-electron chi connectivity index (χ2n) is 9.14. The van der Waals surface area contributed by atoms with Crippen molar-refractivity contribution in [1.82, 2.24) is 0 Å². The van der Waals surface area contributed by atoms with Crippen LogP contribution < -0.4 is 20.3 Å². The SMILES string of the molecule is Cc1ccc(C(=O)Nc2ccc(OCc3ccccc3)cc2)cc1NC1=C(Cl)C(=O)N(c2ccc(F)c(Cl)c2)C1=O. The zero-order valence-corrected chi connectivity index (χ0v) is 23.1. The van der Waals surface area contributed by atoms with Gasteiger partial charge in [0.25, 0.3) is 17.7 Å². The Hall–Kier alpha value is -4.66. The fraction of sp³-hybridized carbons (Fsp3) is 0.0645. The van der Waals surface area contributed by atoms with E-state index >= 15 is 0 Å². The third-order valence-electron chi connectivity index (χ3n) is 6.31. The number of hydrogen-bond acceptors (Lipinski definition) is 5. The zero-order chi connectivity index (χ0) is 29.1. The van der Waals surface area contributed by atoms with Crippen LogP contribution in [0.3, 0.4) is 0 Å². The molecular formula is C31H22Cl2FN3O4. The molecule has 7 nitrogen and oxygen atoms in total. The van der Waals surface area contributed by atoms with Crippen molar-refractivity contribution < 1.29 is 23.5 Å². The largest absolute Gasteiger partial charge is 0.489 e. The number of anilines is 3. The molecule has 2 N–H and O–H groups in total. The molecule has 5 rings (SSSR count). The maximum atomic E-state index is 13.6. The van der Waals surface area contributed by atoms with Gasteiger partial charge in [-0.2, -0.15) is 0 Å². The lowest BCUT2D eigenvalue weighted by molar-refractivity contribution is -0.120. The van der Waals surface area contributed by atoms with Gasteiger partial charge in [0.15, 0.2) is 0 Å². The molecule has 0 spiro atoms. The van der Waals surface area contributed by atoms with Gasteiger partial charge in [-0.15, -0.1) is 0 Å². The van der Waals surface area contributed by atoms with Crippen LogP contribution in [0.5, 0.6) is 5.75 Å². The van der Waals surface area contributed by atoms with Crippen molar-refractivity contribution in [1.29, 1.82) is 0 Å². The number of rotatable bonds is 8. The number of halogens is 3. The lowest BCUT2D eigenvalue weighted by atomic mass is 10.1. The highest BCUT2D eigenvalue weighted by atomic mass is 35.5. The minimum atomic E-state index is -0.787. The molecule has 0 saturated carbocycles. The van der Waals surface area contributed by atoms with Crippen LogP contribution in [0.2, 0.25) is 5.02 Å². The molecule has 1 aliphatic heterocycles. The van der Waals surface area contributed by atoms with Crippen LogP contribution in [0.25, 0.3) is 0 Å². The molecule has 4 aromatic carbocycles. The van der Waals surface area contributed by atoms with E-state index in [4.69, 9.17) is 27.9 Å². The quantitative estimate of drug-likeness (QED) is 0.215. The van der Waals surface area contributed by atoms with E-state index in [1.54, 1.807) is 49.4 Å². The number of nitrogens with zero attached hydrogens (tertiary/aromatic N) is 1.